The van der Waals surface area contributed by atoms with E-state index >= 15 is 8.78 Å². The summed E-state index contributed by atoms with van der Waals surface area (Å²) in [6, 6.07) is 25.9. The van der Waals surface area contributed by atoms with E-state index in [-0.39, 0.29) is 11.8 Å². The van der Waals surface area contributed by atoms with E-state index in [1.54, 1.807) is 76.7 Å². The smallest absolute Gasteiger partial charge is 0.128 e. The Bertz CT molecular complexity index is 3610. The molecule has 6 aromatic heterocycles. The van der Waals surface area contributed by atoms with Crippen molar-refractivity contribution in [1.29, 1.82) is 0 Å². The van der Waals surface area contributed by atoms with Crippen LogP contribution in [0.5, 0.6) is 0 Å². The van der Waals surface area contributed by atoms with Crippen molar-refractivity contribution >= 4 is 43.9 Å². The van der Waals surface area contributed by atoms with Crippen molar-refractivity contribution in [3.63, 3.8) is 0 Å². The van der Waals surface area contributed by atoms with Gasteiger partial charge in [-0.25, -0.2) is 18.7 Å². The van der Waals surface area contributed by atoms with Crippen molar-refractivity contribution in [2.75, 3.05) is 26.4 Å². The molecule has 12 rings (SSSR count). The minimum Gasteiger partial charge on any atom is -0.386 e. The summed E-state index contributed by atoms with van der Waals surface area (Å²) in [6.07, 6.45) is 9.71. The van der Waals surface area contributed by atoms with Gasteiger partial charge in [-0.1, -0.05) is 60.7 Å². The first-order valence-corrected chi connectivity index (χ1v) is 26.2. The van der Waals surface area contributed by atoms with Crippen LogP contribution in [0.1, 0.15) is 102 Å². The number of imidazole rings is 2. The maximum atomic E-state index is 15.7. The molecule has 0 saturated carbocycles. The SMILES string of the molecule is [2H][C@@](c1ccccc1F)(C1CCOCC1)n1c2cc(C(C)(C)O)ccc2c2ncc(-c3c(C)ncn3C)cc21.[2H][C@](c1ccccc1F)(C1CCOCC1)n1c2cc(C(C)(C)O)ccc2c2ncc(-c3c(C)ncn3C)cc21. The fourth-order valence-corrected chi connectivity index (χ4v) is 11.5. The molecule has 0 radical (unpaired) electrons. The number of ether oxygens (including phenoxy) is 2. The lowest BCUT2D eigenvalue weighted by molar-refractivity contribution is 0.0547. The molecule has 2 aliphatic heterocycles. The predicted octanol–water partition coefficient (Wildman–Crippen LogP) is 12.6. The van der Waals surface area contributed by atoms with E-state index in [9.17, 15) is 13.0 Å². The number of fused-ring (bicyclic) bond motifs is 6. The van der Waals surface area contributed by atoms with Crippen LogP contribution in [0.2, 0.25) is 0 Å². The number of aliphatic hydroxyl groups is 2. The van der Waals surface area contributed by atoms with Crippen LogP contribution < -0.4 is 0 Å². The lowest BCUT2D eigenvalue weighted by Gasteiger charge is -2.33. The second-order valence-electron chi connectivity index (χ2n) is 21.5. The molecule has 10 aromatic rings. The number of aromatic nitrogens is 8. The van der Waals surface area contributed by atoms with Gasteiger partial charge in [0.05, 0.1) is 94.5 Å². The lowest BCUT2D eigenvalue weighted by Crippen LogP contribution is -2.27. The zero-order valence-corrected chi connectivity index (χ0v) is 44.4. The van der Waals surface area contributed by atoms with Crippen LogP contribution in [-0.2, 0) is 34.8 Å². The van der Waals surface area contributed by atoms with Gasteiger partial charge >= 0.3 is 0 Å². The van der Waals surface area contributed by atoms with Gasteiger partial charge in [0.25, 0.3) is 0 Å². The second-order valence-corrected chi connectivity index (χ2v) is 21.5. The van der Waals surface area contributed by atoms with Gasteiger partial charge in [0.15, 0.2) is 0 Å². The summed E-state index contributed by atoms with van der Waals surface area (Å²) in [7, 11) is 3.89. The molecular weight excluding hydrogens is 959 g/mol. The topological polar surface area (TPSA) is 130 Å². The van der Waals surface area contributed by atoms with Crippen LogP contribution >= 0.6 is 0 Å². The van der Waals surface area contributed by atoms with Gasteiger partial charge in [-0.3, -0.25) is 9.97 Å². The standard InChI is InChI=1S/2C31H33FN4O2/c2*1-19-29(35(4)18-34-19)21-15-27-28(33-17-21)24-10-9-22(31(2,3)37)16-26(24)36(27)30(20-11-13-38-14-12-20)23-7-5-6-8-25(23)32/h2*5-10,15-18,20,30,37H,11-14H2,1-4H3/t2*30-/m10/s1/i2*30D. The number of pyridine rings is 2. The molecule has 76 heavy (non-hydrogen) atoms. The first-order chi connectivity index (χ1) is 37.2. The van der Waals surface area contributed by atoms with E-state index < -0.39 is 34.9 Å². The monoisotopic (exact) mass is 1030 g/mol. The summed E-state index contributed by atoms with van der Waals surface area (Å²) in [5.74, 6) is -1.26. The minimum absolute atomic E-state index is 0.213. The Morgan fingerprint density at radius 1 is 0.553 bits per heavy atom. The van der Waals surface area contributed by atoms with E-state index in [1.165, 1.54) is 12.1 Å². The first kappa shape index (κ1) is 48.5. The van der Waals surface area contributed by atoms with Gasteiger partial charge in [-0.15, -0.1) is 0 Å². The van der Waals surface area contributed by atoms with Crippen molar-refractivity contribution in [3.8, 4) is 22.5 Å². The van der Waals surface area contributed by atoms with E-state index in [1.807, 2.05) is 107 Å². The summed E-state index contributed by atoms with van der Waals surface area (Å²) >= 11 is 0. The number of hydrogen-bond acceptors (Lipinski definition) is 8. The number of rotatable bonds is 10. The highest BCUT2D eigenvalue weighted by Crippen LogP contribution is 2.45. The summed E-state index contributed by atoms with van der Waals surface area (Å²) < 4.78 is 71.0. The Balaban J connectivity index is 0.000000165. The lowest BCUT2D eigenvalue weighted by atomic mass is 9.86. The van der Waals surface area contributed by atoms with Crippen LogP contribution in [0.4, 0.5) is 8.78 Å². The molecule has 14 heteroatoms. The molecule has 0 aliphatic carbocycles. The number of nitrogens with zero attached hydrogens (tertiary/aromatic N) is 8. The van der Waals surface area contributed by atoms with Crippen LogP contribution in [0.25, 0.3) is 66.4 Å². The van der Waals surface area contributed by atoms with Gasteiger partial charge in [-0.2, -0.15) is 0 Å². The maximum Gasteiger partial charge on any atom is 0.128 e. The van der Waals surface area contributed by atoms with E-state index in [0.717, 1.165) is 77.8 Å². The average Bonchev–Trinajstić information content (AvgIpc) is 4.22. The van der Waals surface area contributed by atoms with Crippen molar-refractivity contribution < 1.29 is 31.2 Å². The van der Waals surface area contributed by atoms with Crippen LogP contribution in [0.15, 0.2) is 122 Å². The summed E-state index contributed by atoms with van der Waals surface area (Å²) in [4.78, 5) is 18.7. The third-order valence-electron chi connectivity index (χ3n) is 15.4. The summed E-state index contributed by atoms with van der Waals surface area (Å²) in [5.41, 5.74) is 9.63. The maximum absolute atomic E-state index is 15.7. The molecule has 4 aromatic carbocycles. The molecule has 0 amide bonds. The Morgan fingerprint density at radius 3 is 1.28 bits per heavy atom. The zero-order chi connectivity index (χ0) is 55.1. The highest BCUT2D eigenvalue weighted by atomic mass is 19.1. The molecule has 2 saturated heterocycles. The molecule has 0 spiro atoms. The number of hydrogen-bond donors (Lipinski definition) is 2. The number of benzene rings is 4. The molecule has 0 unspecified atom stereocenters. The van der Waals surface area contributed by atoms with E-state index in [0.29, 0.717) is 74.4 Å². The Morgan fingerprint density at radius 2 is 0.934 bits per heavy atom. The largest absolute Gasteiger partial charge is 0.386 e. The van der Waals surface area contributed by atoms with Gasteiger partial charge in [0, 0.05) is 85.9 Å². The van der Waals surface area contributed by atoms with Gasteiger partial charge in [-0.05, 0) is 127 Å². The fraction of sp³-hybridized carbons (Fsp3) is 0.355. The fourth-order valence-electron chi connectivity index (χ4n) is 11.5. The molecule has 12 nitrogen and oxygen atoms in total. The summed E-state index contributed by atoms with van der Waals surface area (Å²) in [6.45, 7) is 13.0. The normalized spacial score (nSPS) is 17.2. The predicted molar refractivity (Wildman–Crippen MR) is 295 cm³/mol. The number of aryl methyl sites for hydroxylation is 4. The van der Waals surface area contributed by atoms with Crippen LogP contribution in [0.3, 0.4) is 0 Å². The molecular formula is C62H66F2N8O4. The van der Waals surface area contributed by atoms with Gasteiger partial charge < -0.3 is 38.0 Å². The molecule has 0 bridgehead atoms. The van der Waals surface area contributed by atoms with Gasteiger partial charge in [0.2, 0.25) is 0 Å². The molecule has 2 aliphatic rings. The van der Waals surface area contributed by atoms with Crippen molar-refractivity contribution in [3.05, 3.63) is 167 Å². The van der Waals surface area contributed by atoms with Crippen molar-refractivity contribution in [2.24, 2.45) is 25.9 Å². The Hall–Kier alpha value is -7.10. The quantitative estimate of drug-likeness (QED) is 0.139. The summed E-state index contributed by atoms with van der Waals surface area (Å²) in [5, 5.41) is 23.5. The van der Waals surface area contributed by atoms with E-state index in [4.69, 9.17) is 19.4 Å². The third-order valence-corrected chi connectivity index (χ3v) is 15.4. The minimum atomic E-state index is -1.49. The van der Waals surface area contributed by atoms with E-state index in [2.05, 4.69) is 9.97 Å². The highest BCUT2D eigenvalue weighted by molar-refractivity contribution is 6.08. The molecule has 2 N–H and O–H groups in total. The average molecular weight is 1030 g/mol. The first-order valence-electron chi connectivity index (χ1n) is 27.2. The number of halogens is 2. The third kappa shape index (κ3) is 9.28. The van der Waals surface area contributed by atoms with Crippen molar-refractivity contribution in [1.82, 2.24) is 38.2 Å². The second kappa shape index (κ2) is 20.1. The molecule has 392 valence electrons. The Labute approximate surface area is 444 Å². The Kier molecular flexibility index (Phi) is 12.8. The van der Waals surface area contributed by atoms with Gasteiger partial charge in [0.1, 0.15) is 11.6 Å². The molecule has 2 fully saturated rings. The van der Waals surface area contributed by atoms with Crippen molar-refractivity contribution in [2.45, 2.75) is 90.5 Å². The van der Waals surface area contributed by atoms with Crippen LogP contribution in [0, 0.1) is 37.3 Å². The van der Waals surface area contributed by atoms with Crippen LogP contribution in [-0.4, -0.2) is 74.8 Å². The zero-order valence-electron chi connectivity index (χ0n) is 46.4. The molecule has 8 heterocycles. The molecule has 2 atom stereocenters. The highest BCUT2D eigenvalue weighted by Gasteiger charge is 2.35.